The van der Waals surface area contributed by atoms with Crippen LogP contribution in [0.5, 0.6) is 5.75 Å². The van der Waals surface area contributed by atoms with Crippen LogP contribution in [0.15, 0.2) is 12.1 Å². The lowest BCUT2D eigenvalue weighted by Crippen LogP contribution is -2.10. The standard InChI is InChI=1S/C14H21NO/c1-10-7-8-13(15)11(2)14(10)16-9-12-5-3-4-6-12/h7-8,12H,3-6,9,15H2,1-2H3. The molecular formula is C14H21NO. The van der Waals surface area contributed by atoms with Gasteiger partial charge in [-0.15, -0.1) is 0 Å². The van der Waals surface area contributed by atoms with E-state index < -0.39 is 0 Å². The molecule has 0 heterocycles. The van der Waals surface area contributed by atoms with E-state index in [0.717, 1.165) is 29.5 Å². The first-order chi connectivity index (χ1) is 7.68. The lowest BCUT2D eigenvalue weighted by Gasteiger charge is -2.16. The molecule has 0 radical (unpaired) electrons. The highest BCUT2D eigenvalue weighted by Gasteiger charge is 2.16. The first kappa shape index (κ1) is 11.3. The van der Waals surface area contributed by atoms with Crippen LogP contribution in [0.25, 0.3) is 0 Å². The van der Waals surface area contributed by atoms with Crippen molar-refractivity contribution in [1.29, 1.82) is 0 Å². The molecule has 16 heavy (non-hydrogen) atoms. The summed E-state index contributed by atoms with van der Waals surface area (Å²) in [4.78, 5) is 0. The van der Waals surface area contributed by atoms with Crippen LogP contribution in [0, 0.1) is 19.8 Å². The predicted octanol–water partition coefficient (Wildman–Crippen LogP) is 3.45. The Kier molecular flexibility index (Phi) is 3.37. The molecule has 2 rings (SSSR count). The molecule has 1 aromatic carbocycles. The van der Waals surface area contributed by atoms with Gasteiger partial charge in [-0.25, -0.2) is 0 Å². The van der Waals surface area contributed by atoms with Gasteiger partial charge in [0.1, 0.15) is 5.75 Å². The van der Waals surface area contributed by atoms with Crippen molar-refractivity contribution in [2.24, 2.45) is 5.92 Å². The summed E-state index contributed by atoms with van der Waals surface area (Å²) in [5.41, 5.74) is 8.99. The Labute approximate surface area is 97.8 Å². The predicted molar refractivity (Wildman–Crippen MR) is 67.8 cm³/mol. The summed E-state index contributed by atoms with van der Waals surface area (Å²) in [7, 11) is 0. The molecule has 0 bridgehead atoms. The highest BCUT2D eigenvalue weighted by Crippen LogP contribution is 2.30. The fraction of sp³-hybridized carbons (Fsp3) is 0.571. The van der Waals surface area contributed by atoms with E-state index in [2.05, 4.69) is 6.92 Å². The molecule has 0 saturated heterocycles. The number of benzene rings is 1. The number of hydrogen-bond donors (Lipinski definition) is 1. The van der Waals surface area contributed by atoms with Crippen molar-refractivity contribution in [1.82, 2.24) is 0 Å². The van der Waals surface area contributed by atoms with Crippen molar-refractivity contribution in [2.45, 2.75) is 39.5 Å². The lowest BCUT2D eigenvalue weighted by atomic mass is 10.1. The first-order valence-electron chi connectivity index (χ1n) is 6.17. The summed E-state index contributed by atoms with van der Waals surface area (Å²) in [5.74, 6) is 1.74. The fourth-order valence-corrected chi connectivity index (χ4v) is 2.44. The third-order valence-corrected chi connectivity index (χ3v) is 3.58. The van der Waals surface area contributed by atoms with Crippen LogP contribution < -0.4 is 10.5 Å². The number of ether oxygens (including phenoxy) is 1. The van der Waals surface area contributed by atoms with Gasteiger partial charge >= 0.3 is 0 Å². The summed E-state index contributed by atoms with van der Waals surface area (Å²) < 4.78 is 5.95. The van der Waals surface area contributed by atoms with E-state index in [1.807, 2.05) is 19.1 Å². The molecule has 88 valence electrons. The van der Waals surface area contributed by atoms with Crippen LogP contribution in [0.4, 0.5) is 5.69 Å². The van der Waals surface area contributed by atoms with Crippen molar-refractivity contribution in [3.63, 3.8) is 0 Å². The van der Waals surface area contributed by atoms with Gasteiger partial charge in [0.2, 0.25) is 0 Å². The fourth-order valence-electron chi connectivity index (χ4n) is 2.44. The van der Waals surface area contributed by atoms with Gasteiger partial charge < -0.3 is 10.5 Å². The Hall–Kier alpha value is -1.18. The molecule has 0 unspecified atom stereocenters. The van der Waals surface area contributed by atoms with Crippen LogP contribution in [-0.2, 0) is 0 Å². The lowest BCUT2D eigenvalue weighted by molar-refractivity contribution is 0.249. The summed E-state index contributed by atoms with van der Waals surface area (Å²) >= 11 is 0. The molecule has 0 atom stereocenters. The van der Waals surface area contributed by atoms with E-state index >= 15 is 0 Å². The second-order valence-electron chi connectivity index (χ2n) is 4.89. The molecule has 0 aliphatic heterocycles. The average Bonchev–Trinajstić information content (AvgIpc) is 2.77. The molecule has 1 saturated carbocycles. The topological polar surface area (TPSA) is 35.2 Å². The van der Waals surface area contributed by atoms with Crippen molar-refractivity contribution in [2.75, 3.05) is 12.3 Å². The van der Waals surface area contributed by atoms with Crippen molar-refractivity contribution in [3.8, 4) is 5.75 Å². The Morgan fingerprint density at radius 3 is 2.62 bits per heavy atom. The molecule has 1 aliphatic rings. The number of anilines is 1. The number of nitrogen functional groups attached to an aromatic ring is 1. The molecule has 0 aromatic heterocycles. The molecule has 1 aliphatic carbocycles. The SMILES string of the molecule is Cc1ccc(N)c(C)c1OCC1CCCC1. The van der Waals surface area contributed by atoms with Crippen LogP contribution in [0.2, 0.25) is 0 Å². The van der Waals surface area contributed by atoms with Crippen molar-refractivity contribution in [3.05, 3.63) is 23.3 Å². The van der Waals surface area contributed by atoms with Crippen LogP contribution in [-0.4, -0.2) is 6.61 Å². The van der Waals surface area contributed by atoms with E-state index in [-0.39, 0.29) is 0 Å². The van der Waals surface area contributed by atoms with Crippen LogP contribution >= 0.6 is 0 Å². The smallest absolute Gasteiger partial charge is 0.127 e. The first-order valence-corrected chi connectivity index (χ1v) is 6.17. The third-order valence-electron chi connectivity index (χ3n) is 3.58. The van der Waals surface area contributed by atoms with Gasteiger partial charge in [0, 0.05) is 11.3 Å². The summed E-state index contributed by atoms with van der Waals surface area (Å²) in [6.07, 6.45) is 5.37. The molecule has 1 fully saturated rings. The molecule has 2 N–H and O–H groups in total. The molecule has 0 spiro atoms. The Morgan fingerprint density at radius 2 is 1.94 bits per heavy atom. The van der Waals surface area contributed by atoms with Gasteiger partial charge in [0.25, 0.3) is 0 Å². The normalized spacial score (nSPS) is 16.6. The highest BCUT2D eigenvalue weighted by molar-refractivity contribution is 5.56. The van der Waals surface area contributed by atoms with Crippen molar-refractivity contribution < 1.29 is 4.74 Å². The van der Waals surface area contributed by atoms with Crippen LogP contribution in [0.3, 0.4) is 0 Å². The van der Waals surface area contributed by atoms with E-state index in [0.29, 0.717) is 0 Å². The average molecular weight is 219 g/mol. The zero-order valence-corrected chi connectivity index (χ0v) is 10.3. The number of hydrogen-bond acceptors (Lipinski definition) is 2. The molecular weight excluding hydrogens is 198 g/mol. The van der Waals surface area contributed by atoms with E-state index in [4.69, 9.17) is 10.5 Å². The zero-order valence-electron chi connectivity index (χ0n) is 10.3. The zero-order chi connectivity index (χ0) is 11.5. The minimum atomic E-state index is 0.750. The summed E-state index contributed by atoms with van der Waals surface area (Å²) in [6.45, 7) is 4.97. The molecule has 2 heteroatoms. The van der Waals surface area contributed by atoms with Gasteiger partial charge in [0.05, 0.1) is 6.61 Å². The highest BCUT2D eigenvalue weighted by atomic mass is 16.5. The number of nitrogens with two attached hydrogens (primary N) is 1. The second kappa shape index (κ2) is 4.77. The molecule has 0 amide bonds. The number of rotatable bonds is 3. The largest absolute Gasteiger partial charge is 0.493 e. The van der Waals surface area contributed by atoms with Gasteiger partial charge in [0.15, 0.2) is 0 Å². The quantitative estimate of drug-likeness (QED) is 0.790. The van der Waals surface area contributed by atoms with E-state index in [9.17, 15) is 0 Å². The minimum absolute atomic E-state index is 0.750. The Bertz CT molecular complexity index is 367. The van der Waals surface area contributed by atoms with Gasteiger partial charge in [-0.2, -0.15) is 0 Å². The monoisotopic (exact) mass is 219 g/mol. The molecule has 2 nitrogen and oxygen atoms in total. The maximum Gasteiger partial charge on any atom is 0.127 e. The van der Waals surface area contributed by atoms with Crippen LogP contribution in [0.1, 0.15) is 36.8 Å². The Morgan fingerprint density at radius 1 is 1.25 bits per heavy atom. The summed E-state index contributed by atoms with van der Waals surface area (Å²) in [6, 6.07) is 3.99. The third kappa shape index (κ3) is 2.31. The summed E-state index contributed by atoms with van der Waals surface area (Å²) in [5, 5.41) is 0. The van der Waals surface area contributed by atoms with E-state index in [1.165, 1.54) is 31.2 Å². The second-order valence-corrected chi connectivity index (χ2v) is 4.89. The van der Waals surface area contributed by atoms with E-state index in [1.54, 1.807) is 0 Å². The van der Waals surface area contributed by atoms with Gasteiger partial charge in [-0.1, -0.05) is 18.9 Å². The van der Waals surface area contributed by atoms with Crippen molar-refractivity contribution >= 4 is 5.69 Å². The maximum atomic E-state index is 5.95. The maximum absolute atomic E-state index is 5.95. The Balaban J connectivity index is 2.05. The van der Waals surface area contributed by atoms with Gasteiger partial charge in [-0.3, -0.25) is 0 Å². The van der Waals surface area contributed by atoms with Gasteiger partial charge in [-0.05, 0) is 44.2 Å². The minimum Gasteiger partial charge on any atom is -0.493 e. The molecule has 1 aromatic rings. The number of aryl methyl sites for hydroxylation is 1.